The Kier molecular flexibility index (Phi) is 5.61. The third kappa shape index (κ3) is 3.70. The van der Waals surface area contributed by atoms with Crippen LogP contribution in [-0.2, 0) is 0 Å². The van der Waals surface area contributed by atoms with Gasteiger partial charge in [0.1, 0.15) is 12.2 Å². The fourth-order valence-electron chi connectivity index (χ4n) is 3.91. The molecule has 7 nitrogen and oxygen atoms in total. The molecule has 0 radical (unpaired) electrons. The predicted octanol–water partition coefficient (Wildman–Crippen LogP) is 3.52. The van der Waals surface area contributed by atoms with Crippen molar-refractivity contribution in [1.29, 1.82) is 0 Å². The first-order valence-electron chi connectivity index (χ1n) is 10.3. The number of amides is 2. The Hall–Kier alpha value is -3.48. The molecule has 154 valence electrons. The van der Waals surface area contributed by atoms with E-state index in [-0.39, 0.29) is 23.8 Å². The zero-order valence-corrected chi connectivity index (χ0v) is 17.1. The number of rotatable bonds is 6. The molecule has 1 atom stereocenters. The van der Waals surface area contributed by atoms with Crippen LogP contribution in [0.2, 0.25) is 0 Å². The maximum atomic E-state index is 13.2. The summed E-state index contributed by atoms with van der Waals surface area (Å²) >= 11 is 0. The van der Waals surface area contributed by atoms with Gasteiger partial charge in [0.25, 0.3) is 11.8 Å². The summed E-state index contributed by atoms with van der Waals surface area (Å²) in [5.41, 5.74) is 2.90. The van der Waals surface area contributed by atoms with Gasteiger partial charge < -0.3 is 10.2 Å². The van der Waals surface area contributed by atoms with Crippen LogP contribution in [0.1, 0.15) is 64.7 Å². The molecule has 7 heteroatoms. The summed E-state index contributed by atoms with van der Waals surface area (Å²) < 4.78 is 0. The average molecular weight is 403 g/mol. The van der Waals surface area contributed by atoms with E-state index < -0.39 is 0 Å². The van der Waals surface area contributed by atoms with Gasteiger partial charge in [-0.3, -0.25) is 14.7 Å². The number of hydrogen-bond donors (Lipinski definition) is 2. The van der Waals surface area contributed by atoms with Gasteiger partial charge in [-0.25, -0.2) is 4.98 Å². The second-order valence-corrected chi connectivity index (χ2v) is 7.47. The number of hydrogen-bond acceptors (Lipinski definition) is 4. The van der Waals surface area contributed by atoms with Gasteiger partial charge in [-0.15, -0.1) is 0 Å². The van der Waals surface area contributed by atoms with Crippen LogP contribution >= 0.6 is 0 Å². The number of aromatic nitrogens is 3. The van der Waals surface area contributed by atoms with Crippen molar-refractivity contribution >= 4 is 17.5 Å². The van der Waals surface area contributed by atoms with Crippen molar-refractivity contribution in [2.45, 2.75) is 38.6 Å². The summed E-state index contributed by atoms with van der Waals surface area (Å²) in [6, 6.07) is 14.9. The molecule has 0 unspecified atom stereocenters. The van der Waals surface area contributed by atoms with Gasteiger partial charge >= 0.3 is 0 Å². The minimum Gasteiger partial charge on any atom is -0.349 e. The first-order valence-corrected chi connectivity index (χ1v) is 10.3. The number of carbonyl (C=O) groups excluding carboxylic acids is 2. The summed E-state index contributed by atoms with van der Waals surface area (Å²) in [5.74, 6) is 0.331. The van der Waals surface area contributed by atoms with Gasteiger partial charge in [-0.05, 0) is 48.7 Å². The van der Waals surface area contributed by atoms with Crippen LogP contribution in [0.25, 0.3) is 0 Å². The SMILES string of the molecule is CCC(CC)NC(=O)c1ccc2c(c1)[C@@H](c1ncn[nH]1)CN2C(=O)c1ccccc1. The van der Waals surface area contributed by atoms with Crippen molar-refractivity contribution in [2.24, 2.45) is 0 Å². The van der Waals surface area contributed by atoms with E-state index in [1.54, 1.807) is 23.1 Å². The fourth-order valence-corrected chi connectivity index (χ4v) is 3.91. The lowest BCUT2D eigenvalue weighted by atomic mass is 9.98. The zero-order valence-electron chi connectivity index (χ0n) is 17.1. The standard InChI is InChI=1S/C23H25N5O2/c1-3-17(4-2)26-22(29)16-10-11-20-18(12-16)19(21-24-14-25-27-21)13-28(20)23(30)15-8-6-5-7-9-15/h5-12,14,17,19H,3-4,13H2,1-2H3,(H,26,29)(H,24,25,27)/t19-/m0/s1. The van der Waals surface area contributed by atoms with E-state index in [9.17, 15) is 9.59 Å². The molecule has 2 N–H and O–H groups in total. The molecule has 0 saturated heterocycles. The Morgan fingerprint density at radius 3 is 2.57 bits per heavy atom. The van der Waals surface area contributed by atoms with Gasteiger partial charge in [0.15, 0.2) is 0 Å². The molecule has 0 aliphatic carbocycles. The van der Waals surface area contributed by atoms with Crippen LogP contribution < -0.4 is 10.2 Å². The van der Waals surface area contributed by atoms with E-state index in [0.29, 0.717) is 23.5 Å². The summed E-state index contributed by atoms with van der Waals surface area (Å²) in [6.45, 7) is 4.56. The maximum absolute atomic E-state index is 13.2. The fraction of sp³-hybridized carbons (Fsp3) is 0.304. The lowest BCUT2D eigenvalue weighted by Crippen LogP contribution is -2.33. The van der Waals surface area contributed by atoms with Crippen molar-refractivity contribution in [3.05, 3.63) is 77.4 Å². The average Bonchev–Trinajstić information content (AvgIpc) is 3.45. The monoisotopic (exact) mass is 403 g/mol. The van der Waals surface area contributed by atoms with Crippen LogP contribution in [0, 0.1) is 0 Å². The number of anilines is 1. The Morgan fingerprint density at radius 2 is 1.90 bits per heavy atom. The van der Waals surface area contributed by atoms with E-state index in [4.69, 9.17) is 0 Å². The molecule has 1 aliphatic heterocycles. The molecular formula is C23H25N5O2. The normalized spacial score (nSPS) is 15.3. The highest BCUT2D eigenvalue weighted by Gasteiger charge is 2.36. The summed E-state index contributed by atoms with van der Waals surface area (Å²) in [4.78, 5) is 32.0. The smallest absolute Gasteiger partial charge is 0.258 e. The summed E-state index contributed by atoms with van der Waals surface area (Å²) in [6.07, 6.45) is 3.22. The van der Waals surface area contributed by atoms with E-state index in [1.807, 2.05) is 30.3 Å². The molecule has 0 bridgehead atoms. The quantitative estimate of drug-likeness (QED) is 0.659. The number of aromatic amines is 1. The highest BCUT2D eigenvalue weighted by Crippen LogP contribution is 2.40. The van der Waals surface area contributed by atoms with Gasteiger partial charge in [0.2, 0.25) is 0 Å². The second-order valence-electron chi connectivity index (χ2n) is 7.47. The van der Waals surface area contributed by atoms with Crippen molar-refractivity contribution in [3.8, 4) is 0 Å². The molecule has 3 aromatic rings. The molecular weight excluding hydrogens is 378 g/mol. The second kappa shape index (κ2) is 8.49. The third-order valence-corrected chi connectivity index (χ3v) is 5.67. The minimum atomic E-state index is -0.170. The molecule has 1 aromatic heterocycles. The van der Waals surface area contributed by atoms with Gasteiger partial charge in [-0.1, -0.05) is 32.0 Å². The largest absolute Gasteiger partial charge is 0.349 e. The zero-order chi connectivity index (χ0) is 21.1. The van der Waals surface area contributed by atoms with Crippen LogP contribution in [0.3, 0.4) is 0 Å². The first-order chi connectivity index (χ1) is 14.6. The van der Waals surface area contributed by atoms with Gasteiger partial charge in [0, 0.05) is 29.4 Å². The number of benzene rings is 2. The lowest BCUT2D eigenvalue weighted by Gasteiger charge is -2.18. The number of carbonyl (C=O) groups is 2. The summed E-state index contributed by atoms with van der Waals surface area (Å²) in [5, 5.41) is 9.96. The molecule has 2 aromatic carbocycles. The Labute approximate surface area is 175 Å². The highest BCUT2D eigenvalue weighted by atomic mass is 16.2. The molecule has 0 fully saturated rings. The van der Waals surface area contributed by atoms with Gasteiger partial charge in [-0.2, -0.15) is 5.10 Å². The van der Waals surface area contributed by atoms with Crippen LogP contribution in [0.4, 0.5) is 5.69 Å². The van der Waals surface area contributed by atoms with Crippen LogP contribution in [-0.4, -0.2) is 39.6 Å². The topological polar surface area (TPSA) is 91.0 Å². The first kappa shape index (κ1) is 19.8. The lowest BCUT2D eigenvalue weighted by molar-refractivity contribution is 0.0934. The number of nitrogens with one attached hydrogen (secondary N) is 2. The number of fused-ring (bicyclic) bond motifs is 1. The number of H-pyrrole nitrogens is 1. The Morgan fingerprint density at radius 1 is 1.13 bits per heavy atom. The van der Waals surface area contributed by atoms with Gasteiger partial charge in [0.05, 0.1) is 5.92 Å². The maximum Gasteiger partial charge on any atom is 0.258 e. The van der Waals surface area contributed by atoms with Crippen LogP contribution in [0.15, 0.2) is 54.9 Å². The van der Waals surface area contributed by atoms with Crippen molar-refractivity contribution in [1.82, 2.24) is 20.5 Å². The van der Waals surface area contributed by atoms with Crippen LogP contribution in [0.5, 0.6) is 0 Å². The summed E-state index contributed by atoms with van der Waals surface area (Å²) in [7, 11) is 0. The molecule has 0 saturated carbocycles. The van der Waals surface area contributed by atoms with Crippen molar-refractivity contribution in [2.75, 3.05) is 11.4 Å². The Balaban J connectivity index is 1.70. The Bertz CT molecular complexity index is 1030. The molecule has 4 rings (SSSR count). The highest BCUT2D eigenvalue weighted by molar-refractivity contribution is 6.08. The molecule has 0 spiro atoms. The minimum absolute atomic E-state index is 0.0758. The van der Waals surface area contributed by atoms with Crippen molar-refractivity contribution < 1.29 is 9.59 Å². The van der Waals surface area contributed by atoms with E-state index in [1.165, 1.54) is 6.33 Å². The molecule has 2 amide bonds. The number of nitrogens with zero attached hydrogens (tertiary/aromatic N) is 3. The van der Waals surface area contributed by atoms with E-state index >= 15 is 0 Å². The third-order valence-electron chi connectivity index (χ3n) is 5.67. The van der Waals surface area contributed by atoms with E-state index in [2.05, 4.69) is 34.3 Å². The molecule has 30 heavy (non-hydrogen) atoms. The van der Waals surface area contributed by atoms with E-state index in [0.717, 1.165) is 24.1 Å². The molecule has 1 aliphatic rings. The van der Waals surface area contributed by atoms with Crippen molar-refractivity contribution in [3.63, 3.8) is 0 Å². The predicted molar refractivity (Wildman–Crippen MR) is 115 cm³/mol. The molecule has 2 heterocycles.